The summed E-state index contributed by atoms with van der Waals surface area (Å²) >= 11 is 0. The summed E-state index contributed by atoms with van der Waals surface area (Å²) in [5, 5.41) is 2.86. The predicted molar refractivity (Wildman–Crippen MR) is 104 cm³/mol. The minimum Gasteiger partial charge on any atom is -0.324 e. The van der Waals surface area contributed by atoms with Crippen LogP contribution >= 0.6 is 0 Å². The molecule has 1 N–H and O–H groups in total. The second-order valence-corrected chi connectivity index (χ2v) is 6.16. The zero-order chi connectivity index (χ0) is 19.2. The van der Waals surface area contributed by atoms with E-state index in [1.807, 2.05) is 44.2 Å². The van der Waals surface area contributed by atoms with Crippen LogP contribution in [0.4, 0.5) is 10.1 Å². The molecule has 1 unspecified atom stereocenters. The van der Waals surface area contributed by atoms with Gasteiger partial charge in [-0.3, -0.25) is 9.69 Å². The molecule has 3 aromatic rings. The third-order valence-corrected chi connectivity index (χ3v) is 4.54. The van der Waals surface area contributed by atoms with Crippen molar-refractivity contribution >= 4 is 11.6 Å². The number of amides is 1. The lowest BCUT2D eigenvalue weighted by atomic mass is 10.0. The number of likely N-dealkylation sites (N-methyl/N-ethyl adjacent to an activating group) is 1. The van der Waals surface area contributed by atoms with Crippen LogP contribution in [0, 0.1) is 5.82 Å². The zero-order valence-electron chi connectivity index (χ0n) is 15.5. The standard InChI is InChI=1S/C21H23FN4O/c1-3-25(4-2)20(16-8-6-5-7-9-16)21(27)24-17-10-11-19(18(22)14-17)26-13-12-23-15-26/h5-15,20H,3-4H2,1-2H3,(H,24,27). The van der Waals surface area contributed by atoms with Gasteiger partial charge < -0.3 is 9.88 Å². The number of rotatable bonds is 7. The van der Waals surface area contributed by atoms with Gasteiger partial charge in [-0.15, -0.1) is 0 Å². The van der Waals surface area contributed by atoms with E-state index >= 15 is 0 Å². The van der Waals surface area contributed by atoms with Crippen molar-refractivity contribution in [1.82, 2.24) is 14.5 Å². The highest BCUT2D eigenvalue weighted by Gasteiger charge is 2.26. The smallest absolute Gasteiger partial charge is 0.246 e. The van der Waals surface area contributed by atoms with Crippen molar-refractivity contribution in [3.8, 4) is 5.69 Å². The molecule has 0 aliphatic rings. The second kappa shape index (κ2) is 8.60. The molecule has 0 saturated carbocycles. The number of imidazole rings is 1. The van der Waals surface area contributed by atoms with Crippen molar-refractivity contribution in [2.75, 3.05) is 18.4 Å². The summed E-state index contributed by atoms with van der Waals surface area (Å²) in [4.78, 5) is 19.0. The van der Waals surface area contributed by atoms with Crippen LogP contribution < -0.4 is 5.32 Å². The first-order valence-corrected chi connectivity index (χ1v) is 9.01. The van der Waals surface area contributed by atoms with Crippen molar-refractivity contribution in [3.05, 3.63) is 78.6 Å². The highest BCUT2D eigenvalue weighted by Crippen LogP contribution is 2.24. The Kier molecular flexibility index (Phi) is 5.98. The Morgan fingerprint density at radius 3 is 2.52 bits per heavy atom. The number of anilines is 1. The van der Waals surface area contributed by atoms with E-state index in [1.165, 1.54) is 12.4 Å². The van der Waals surface area contributed by atoms with Crippen molar-refractivity contribution in [2.24, 2.45) is 0 Å². The van der Waals surface area contributed by atoms with Crippen molar-refractivity contribution in [1.29, 1.82) is 0 Å². The fourth-order valence-electron chi connectivity index (χ4n) is 3.16. The minimum atomic E-state index is -0.433. The van der Waals surface area contributed by atoms with Crippen LogP contribution in [0.15, 0.2) is 67.3 Å². The molecule has 1 amide bonds. The lowest BCUT2D eigenvalue weighted by molar-refractivity contribution is -0.121. The number of halogens is 1. The fraction of sp³-hybridized carbons (Fsp3) is 0.238. The quantitative estimate of drug-likeness (QED) is 0.687. The van der Waals surface area contributed by atoms with E-state index in [9.17, 15) is 9.18 Å². The molecular formula is C21H23FN4O. The molecule has 1 heterocycles. The Bertz CT molecular complexity index is 876. The molecule has 6 heteroatoms. The van der Waals surface area contributed by atoms with E-state index < -0.39 is 11.9 Å². The number of carbonyl (C=O) groups is 1. The average Bonchev–Trinajstić information content (AvgIpc) is 3.21. The van der Waals surface area contributed by atoms with Crippen LogP contribution in [-0.2, 0) is 4.79 Å². The Hall–Kier alpha value is -2.99. The van der Waals surface area contributed by atoms with Gasteiger partial charge in [-0.05, 0) is 36.9 Å². The molecule has 0 bridgehead atoms. The maximum Gasteiger partial charge on any atom is 0.246 e. The molecule has 0 spiro atoms. The third kappa shape index (κ3) is 4.23. The van der Waals surface area contributed by atoms with Gasteiger partial charge in [0.15, 0.2) is 0 Å². The Morgan fingerprint density at radius 2 is 1.93 bits per heavy atom. The number of nitrogens with zero attached hydrogens (tertiary/aromatic N) is 3. The highest BCUT2D eigenvalue weighted by molar-refractivity contribution is 5.95. The molecule has 0 fully saturated rings. The molecule has 1 aromatic heterocycles. The number of hydrogen-bond donors (Lipinski definition) is 1. The summed E-state index contributed by atoms with van der Waals surface area (Å²) in [5.74, 6) is -0.607. The van der Waals surface area contributed by atoms with Crippen molar-refractivity contribution in [3.63, 3.8) is 0 Å². The van der Waals surface area contributed by atoms with Crippen LogP contribution in [0.25, 0.3) is 5.69 Å². The van der Waals surface area contributed by atoms with E-state index in [1.54, 1.807) is 29.1 Å². The number of hydrogen-bond acceptors (Lipinski definition) is 3. The van der Waals surface area contributed by atoms with Gasteiger partial charge in [0.2, 0.25) is 5.91 Å². The summed E-state index contributed by atoms with van der Waals surface area (Å²) in [6.07, 6.45) is 4.79. The van der Waals surface area contributed by atoms with Gasteiger partial charge in [0.05, 0.1) is 12.0 Å². The van der Waals surface area contributed by atoms with E-state index in [4.69, 9.17) is 0 Å². The van der Waals surface area contributed by atoms with E-state index in [2.05, 4.69) is 15.2 Å². The SMILES string of the molecule is CCN(CC)C(C(=O)Nc1ccc(-n2ccnc2)c(F)c1)c1ccccc1. The van der Waals surface area contributed by atoms with Gasteiger partial charge in [0.1, 0.15) is 11.9 Å². The number of aromatic nitrogens is 2. The first-order valence-electron chi connectivity index (χ1n) is 9.01. The minimum absolute atomic E-state index is 0.181. The van der Waals surface area contributed by atoms with Gasteiger partial charge in [-0.2, -0.15) is 0 Å². The molecule has 0 radical (unpaired) electrons. The molecule has 5 nitrogen and oxygen atoms in total. The summed E-state index contributed by atoms with van der Waals surface area (Å²) in [7, 11) is 0. The maximum atomic E-state index is 14.5. The molecule has 1 atom stereocenters. The third-order valence-electron chi connectivity index (χ3n) is 4.54. The number of benzene rings is 2. The fourth-order valence-corrected chi connectivity index (χ4v) is 3.16. The molecule has 140 valence electrons. The summed E-state index contributed by atoms with van der Waals surface area (Å²) in [6, 6.07) is 13.8. The lowest BCUT2D eigenvalue weighted by Gasteiger charge is -2.29. The Morgan fingerprint density at radius 1 is 1.19 bits per heavy atom. The van der Waals surface area contributed by atoms with Crippen LogP contribution in [0.2, 0.25) is 0 Å². The van der Waals surface area contributed by atoms with Crippen molar-refractivity contribution in [2.45, 2.75) is 19.9 Å². The lowest BCUT2D eigenvalue weighted by Crippen LogP contribution is -2.37. The summed E-state index contributed by atoms with van der Waals surface area (Å²) in [5.41, 5.74) is 1.72. The Balaban J connectivity index is 1.84. The Labute approximate surface area is 158 Å². The topological polar surface area (TPSA) is 50.2 Å². The molecule has 3 rings (SSSR count). The predicted octanol–water partition coefficient (Wildman–Crippen LogP) is 4.03. The highest BCUT2D eigenvalue weighted by atomic mass is 19.1. The largest absolute Gasteiger partial charge is 0.324 e. The van der Waals surface area contributed by atoms with Gasteiger partial charge >= 0.3 is 0 Å². The van der Waals surface area contributed by atoms with Crippen molar-refractivity contribution < 1.29 is 9.18 Å². The van der Waals surface area contributed by atoms with Crippen LogP contribution in [0.3, 0.4) is 0 Å². The average molecular weight is 366 g/mol. The van der Waals surface area contributed by atoms with Gasteiger partial charge in [0, 0.05) is 18.1 Å². The van der Waals surface area contributed by atoms with Crippen LogP contribution in [-0.4, -0.2) is 33.4 Å². The van der Waals surface area contributed by atoms with E-state index in [0.717, 1.165) is 18.7 Å². The molecule has 0 saturated heterocycles. The van der Waals surface area contributed by atoms with Gasteiger partial charge in [-0.1, -0.05) is 44.2 Å². The molecule has 0 aliphatic carbocycles. The summed E-state index contributed by atoms with van der Waals surface area (Å²) < 4.78 is 16.1. The monoisotopic (exact) mass is 366 g/mol. The maximum absolute atomic E-state index is 14.5. The number of carbonyl (C=O) groups excluding carboxylic acids is 1. The first-order chi connectivity index (χ1) is 13.1. The second-order valence-electron chi connectivity index (χ2n) is 6.16. The van der Waals surface area contributed by atoms with Crippen LogP contribution in [0.5, 0.6) is 0 Å². The van der Waals surface area contributed by atoms with Crippen LogP contribution in [0.1, 0.15) is 25.5 Å². The normalized spacial score (nSPS) is 12.1. The van der Waals surface area contributed by atoms with Gasteiger partial charge in [-0.25, -0.2) is 9.37 Å². The van der Waals surface area contributed by atoms with E-state index in [-0.39, 0.29) is 5.91 Å². The molecule has 0 aliphatic heterocycles. The zero-order valence-corrected chi connectivity index (χ0v) is 15.5. The summed E-state index contributed by atoms with van der Waals surface area (Å²) in [6.45, 7) is 5.51. The molecular weight excluding hydrogens is 343 g/mol. The first kappa shape index (κ1) is 18.8. The molecule has 27 heavy (non-hydrogen) atoms. The van der Waals surface area contributed by atoms with E-state index in [0.29, 0.717) is 11.4 Å². The number of nitrogens with one attached hydrogen (secondary N) is 1. The van der Waals surface area contributed by atoms with Gasteiger partial charge in [0.25, 0.3) is 0 Å². The molecule has 2 aromatic carbocycles.